The summed E-state index contributed by atoms with van der Waals surface area (Å²) < 4.78 is 6.95. The summed E-state index contributed by atoms with van der Waals surface area (Å²) in [5.41, 5.74) is 1.79. The van der Waals surface area contributed by atoms with Crippen LogP contribution in [0.5, 0.6) is 11.5 Å². The van der Waals surface area contributed by atoms with Crippen LogP contribution in [0.2, 0.25) is 0 Å². The van der Waals surface area contributed by atoms with Gasteiger partial charge in [-0.25, -0.2) is 0 Å². The summed E-state index contributed by atoms with van der Waals surface area (Å²) in [6.45, 7) is 0. The molecular weight excluding hydrogens is 320 g/mol. The average molecular weight is 333 g/mol. The molecule has 1 aliphatic rings. The summed E-state index contributed by atoms with van der Waals surface area (Å²) in [5, 5.41) is 9.54. The Morgan fingerprint density at radius 2 is 2.10 bits per heavy atom. The first-order chi connectivity index (χ1) is 9.67. The van der Waals surface area contributed by atoms with Crippen molar-refractivity contribution >= 4 is 22.2 Å². The number of aldehydes is 1. The first-order valence-electron chi connectivity index (χ1n) is 6.37. The van der Waals surface area contributed by atoms with E-state index in [1.807, 2.05) is 24.3 Å². The van der Waals surface area contributed by atoms with Crippen molar-refractivity contribution in [1.29, 1.82) is 0 Å². The molecule has 20 heavy (non-hydrogen) atoms. The van der Waals surface area contributed by atoms with Crippen molar-refractivity contribution in [2.45, 2.75) is 18.4 Å². The highest BCUT2D eigenvalue weighted by molar-refractivity contribution is 9.10. The minimum Gasteiger partial charge on any atom is -0.508 e. The molecule has 0 aromatic heterocycles. The third kappa shape index (κ3) is 2.43. The lowest BCUT2D eigenvalue weighted by atomic mass is 9.88. The zero-order chi connectivity index (χ0) is 14.1. The van der Waals surface area contributed by atoms with Gasteiger partial charge in [0.05, 0.1) is 0 Å². The summed E-state index contributed by atoms with van der Waals surface area (Å²) in [6.07, 6.45) is 1.35. The van der Waals surface area contributed by atoms with Gasteiger partial charge in [0.15, 0.2) is 0 Å². The van der Waals surface area contributed by atoms with Crippen LogP contribution in [0.3, 0.4) is 0 Å². The van der Waals surface area contributed by atoms with Crippen molar-refractivity contribution in [3.05, 3.63) is 58.1 Å². The Kier molecular flexibility index (Phi) is 3.49. The fourth-order valence-electron chi connectivity index (χ4n) is 2.53. The normalized spacial score (nSPS) is 20.9. The highest BCUT2D eigenvalue weighted by Gasteiger charge is 2.29. The lowest BCUT2D eigenvalue weighted by Crippen LogP contribution is -2.19. The summed E-state index contributed by atoms with van der Waals surface area (Å²) >= 11 is 3.44. The molecule has 2 aromatic carbocycles. The van der Waals surface area contributed by atoms with E-state index in [2.05, 4.69) is 15.9 Å². The van der Waals surface area contributed by atoms with E-state index >= 15 is 0 Å². The van der Waals surface area contributed by atoms with Crippen LogP contribution in [-0.4, -0.2) is 11.4 Å². The molecule has 102 valence electrons. The minimum atomic E-state index is -0.255. The number of carbonyl (C=O) groups is 1. The number of benzene rings is 2. The molecule has 1 N–H and O–H groups in total. The number of phenols is 1. The number of aromatic hydroxyl groups is 1. The van der Waals surface area contributed by atoms with Gasteiger partial charge in [-0.05, 0) is 35.9 Å². The van der Waals surface area contributed by atoms with Gasteiger partial charge in [0, 0.05) is 22.4 Å². The summed E-state index contributed by atoms with van der Waals surface area (Å²) in [5.74, 6) is 0.561. The number of hydrogen-bond acceptors (Lipinski definition) is 3. The molecule has 2 aromatic rings. The van der Waals surface area contributed by atoms with Crippen molar-refractivity contribution in [2.24, 2.45) is 0 Å². The number of phenolic OH excluding ortho intramolecular Hbond substituents is 1. The molecule has 0 fully saturated rings. The number of fused-ring (bicyclic) bond motifs is 1. The second-order valence-corrected chi connectivity index (χ2v) is 5.78. The van der Waals surface area contributed by atoms with Crippen molar-refractivity contribution in [2.75, 3.05) is 0 Å². The lowest BCUT2D eigenvalue weighted by molar-refractivity contribution is -0.110. The SMILES string of the molecule is O=CC1CC(c2cccc(Br)c2)Oc2ccc(O)cc21. The molecule has 0 aliphatic carbocycles. The van der Waals surface area contributed by atoms with Crippen LogP contribution >= 0.6 is 15.9 Å². The maximum absolute atomic E-state index is 11.3. The predicted octanol–water partition coefficient (Wildman–Crippen LogP) is 3.96. The zero-order valence-electron chi connectivity index (χ0n) is 10.6. The van der Waals surface area contributed by atoms with Gasteiger partial charge in [-0.3, -0.25) is 0 Å². The topological polar surface area (TPSA) is 46.5 Å². The Hall–Kier alpha value is -1.81. The highest BCUT2D eigenvalue weighted by Crippen LogP contribution is 2.42. The second-order valence-electron chi connectivity index (χ2n) is 4.86. The van der Waals surface area contributed by atoms with Crippen LogP contribution in [-0.2, 0) is 4.79 Å². The fourth-order valence-corrected chi connectivity index (χ4v) is 2.95. The second kappa shape index (κ2) is 5.29. The van der Waals surface area contributed by atoms with E-state index in [1.54, 1.807) is 18.2 Å². The Bertz CT molecular complexity index is 654. The first-order valence-corrected chi connectivity index (χ1v) is 7.17. The van der Waals surface area contributed by atoms with Crippen LogP contribution < -0.4 is 4.74 Å². The third-order valence-electron chi connectivity index (χ3n) is 3.51. The van der Waals surface area contributed by atoms with Crippen LogP contribution in [0.25, 0.3) is 0 Å². The molecule has 0 saturated heterocycles. The van der Waals surface area contributed by atoms with Gasteiger partial charge < -0.3 is 14.6 Å². The molecule has 4 heteroatoms. The van der Waals surface area contributed by atoms with E-state index in [0.717, 1.165) is 21.9 Å². The van der Waals surface area contributed by atoms with Gasteiger partial charge in [0.25, 0.3) is 0 Å². The molecule has 2 unspecified atom stereocenters. The fraction of sp³-hybridized carbons (Fsp3) is 0.188. The van der Waals surface area contributed by atoms with Gasteiger partial charge in [-0.15, -0.1) is 0 Å². The van der Waals surface area contributed by atoms with Crippen molar-refractivity contribution in [3.63, 3.8) is 0 Å². The van der Waals surface area contributed by atoms with Crippen LogP contribution in [0.4, 0.5) is 0 Å². The predicted molar refractivity (Wildman–Crippen MR) is 79.0 cm³/mol. The van der Waals surface area contributed by atoms with Gasteiger partial charge >= 0.3 is 0 Å². The number of ether oxygens (including phenoxy) is 1. The summed E-state index contributed by atoms with van der Waals surface area (Å²) in [6, 6.07) is 12.8. The molecule has 1 aliphatic heterocycles. The molecule has 0 saturated carbocycles. The third-order valence-corrected chi connectivity index (χ3v) is 4.01. The lowest BCUT2D eigenvalue weighted by Gasteiger charge is -2.30. The zero-order valence-corrected chi connectivity index (χ0v) is 12.2. The van der Waals surface area contributed by atoms with E-state index < -0.39 is 0 Å². The average Bonchev–Trinajstić information content (AvgIpc) is 2.46. The smallest absolute Gasteiger partial charge is 0.127 e. The molecule has 2 atom stereocenters. The number of halogens is 1. The standard InChI is InChI=1S/C16H13BrO3/c17-12-3-1-2-10(6-12)16-7-11(9-18)14-8-13(19)4-5-15(14)20-16/h1-6,8-9,11,16,19H,7H2. The Morgan fingerprint density at radius 3 is 2.85 bits per heavy atom. The van der Waals surface area contributed by atoms with Crippen molar-refractivity contribution in [3.8, 4) is 11.5 Å². The molecule has 3 rings (SSSR count). The number of hydrogen-bond donors (Lipinski definition) is 1. The molecule has 0 spiro atoms. The highest BCUT2D eigenvalue weighted by atomic mass is 79.9. The van der Waals surface area contributed by atoms with Crippen LogP contribution in [0, 0.1) is 0 Å². The minimum absolute atomic E-state index is 0.153. The molecular formula is C16H13BrO3. The van der Waals surface area contributed by atoms with Crippen molar-refractivity contribution < 1.29 is 14.6 Å². The first kappa shape index (κ1) is 13.2. The molecule has 1 heterocycles. The summed E-state index contributed by atoms with van der Waals surface area (Å²) in [4.78, 5) is 11.3. The number of carbonyl (C=O) groups excluding carboxylic acids is 1. The summed E-state index contributed by atoms with van der Waals surface area (Å²) in [7, 11) is 0. The quantitative estimate of drug-likeness (QED) is 0.846. The van der Waals surface area contributed by atoms with E-state index in [1.165, 1.54) is 0 Å². The van der Waals surface area contributed by atoms with Gasteiger partial charge in [0.1, 0.15) is 23.9 Å². The van der Waals surface area contributed by atoms with E-state index in [0.29, 0.717) is 12.2 Å². The van der Waals surface area contributed by atoms with Gasteiger partial charge in [-0.2, -0.15) is 0 Å². The molecule has 0 amide bonds. The van der Waals surface area contributed by atoms with E-state index in [4.69, 9.17) is 4.74 Å². The maximum atomic E-state index is 11.3. The molecule has 0 bridgehead atoms. The Labute approximate surface area is 125 Å². The van der Waals surface area contributed by atoms with Gasteiger partial charge in [0.2, 0.25) is 0 Å². The van der Waals surface area contributed by atoms with Crippen molar-refractivity contribution in [1.82, 2.24) is 0 Å². The van der Waals surface area contributed by atoms with Gasteiger partial charge in [-0.1, -0.05) is 28.1 Å². The largest absolute Gasteiger partial charge is 0.508 e. The van der Waals surface area contributed by atoms with E-state index in [9.17, 15) is 9.90 Å². The Morgan fingerprint density at radius 1 is 1.25 bits per heavy atom. The van der Waals surface area contributed by atoms with E-state index in [-0.39, 0.29) is 17.8 Å². The maximum Gasteiger partial charge on any atom is 0.127 e. The number of rotatable bonds is 2. The van der Waals surface area contributed by atoms with Crippen LogP contribution in [0.15, 0.2) is 46.9 Å². The Balaban J connectivity index is 1.99. The molecule has 0 radical (unpaired) electrons. The molecule has 3 nitrogen and oxygen atoms in total. The van der Waals surface area contributed by atoms with Crippen LogP contribution in [0.1, 0.15) is 29.6 Å². The monoisotopic (exact) mass is 332 g/mol.